The molecule has 1 fully saturated rings. The minimum atomic E-state index is -1.26. The molecule has 3 unspecified atom stereocenters. The van der Waals surface area contributed by atoms with Gasteiger partial charge in [0.2, 0.25) is 17.7 Å². The summed E-state index contributed by atoms with van der Waals surface area (Å²) in [7, 11) is 0. The van der Waals surface area contributed by atoms with E-state index in [1.165, 1.54) is 0 Å². The van der Waals surface area contributed by atoms with Crippen LogP contribution in [0.25, 0.3) is 0 Å². The highest BCUT2D eigenvalue weighted by molar-refractivity contribution is 5.93. The van der Waals surface area contributed by atoms with E-state index in [4.69, 9.17) is 16.6 Å². The third-order valence-corrected chi connectivity index (χ3v) is 4.66. The second-order valence-electron chi connectivity index (χ2n) is 7.27. The van der Waals surface area contributed by atoms with Crippen molar-refractivity contribution >= 4 is 35.6 Å². The SMILES string of the molecule is NC(N)=NCCCC(NC(=O)CNC(=O)C(CCC(=O)O)NC(=O)C1CCCN1)C(=O)O. The van der Waals surface area contributed by atoms with Crippen LogP contribution in [-0.4, -0.2) is 83.6 Å². The van der Waals surface area contributed by atoms with E-state index < -0.39 is 54.3 Å². The van der Waals surface area contributed by atoms with Gasteiger partial charge in [-0.25, -0.2) is 4.79 Å². The Bertz CT molecular complexity index is 718. The first-order valence-electron chi connectivity index (χ1n) is 10.2. The van der Waals surface area contributed by atoms with Crippen LogP contribution in [0.2, 0.25) is 0 Å². The van der Waals surface area contributed by atoms with Crippen molar-refractivity contribution in [3.8, 4) is 0 Å². The summed E-state index contributed by atoms with van der Waals surface area (Å²) in [6, 6.07) is -2.82. The van der Waals surface area contributed by atoms with Crippen LogP contribution < -0.4 is 32.7 Å². The fraction of sp³-hybridized carbons (Fsp3) is 0.667. The minimum Gasteiger partial charge on any atom is -0.481 e. The third-order valence-electron chi connectivity index (χ3n) is 4.66. The summed E-state index contributed by atoms with van der Waals surface area (Å²) >= 11 is 0. The number of nitrogens with one attached hydrogen (secondary N) is 4. The lowest BCUT2D eigenvalue weighted by Gasteiger charge is -2.20. The van der Waals surface area contributed by atoms with E-state index in [1.54, 1.807) is 0 Å². The van der Waals surface area contributed by atoms with Crippen molar-refractivity contribution in [3.63, 3.8) is 0 Å². The number of aliphatic imine (C=N–C) groups is 1. The van der Waals surface area contributed by atoms with E-state index in [-0.39, 0.29) is 31.8 Å². The monoisotopic (exact) mass is 457 g/mol. The topological polar surface area (TPSA) is 238 Å². The first-order chi connectivity index (χ1) is 15.1. The number of amides is 3. The zero-order valence-electron chi connectivity index (χ0n) is 17.6. The highest BCUT2D eigenvalue weighted by Crippen LogP contribution is 2.06. The highest BCUT2D eigenvalue weighted by Gasteiger charge is 2.28. The van der Waals surface area contributed by atoms with Gasteiger partial charge in [0, 0.05) is 13.0 Å². The molecule has 0 bridgehead atoms. The van der Waals surface area contributed by atoms with Crippen molar-refractivity contribution in [1.82, 2.24) is 21.3 Å². The van der Waals surface area contributed by atoms with Gasteiger partial charge >= 0.3 is 11.9 Å². The summed E-state index contributed by atoms with van der Waals surface area (Å²) in [5.41, 5.74) is 10.4. The Hall–Kier alpha value is -3.42. The highest BCUT2D eigenvalue weighted by atomic mass is 16.4. The number of hydrogen-bond donors (Lipinski definition) is 8. The first-order valence-corrected chi connectivity index (χ1v) is 10.2. The standard InChI is InChI=1S/C18H31N7O7/c19-18(20)22-8-2-4-12(17(31)32)24-13(26)9-23-15(29)11(5-6-14(27)28)25-16(30)10-3-1-7-21-10/h10-12,21H,1-9H2,(H,23,29)(H,24,26)(H,25,30)(H,27,28)(H,31,32)(H4,19,20,22). The Morgan fingerprint density at radius 1 is 1.06 bits per heavy atom. The molecule has 1 saturated heterocycles. The van der Waals surface area contributed by atoms with Crippen LogP contribution in [0.3, 0.4) is 0 Å². The van der Waals surface area contributed by atoms with E-state index in [0.29, 0.717) is 19.4 Å². The minimum absolute atomic E-state index is 0.0669. The number of guanidine groups is 1. The van der Waals surface area contributed by atoms with E-state index in [1.807, 2.05) is 0 Å². The van der Waals surface area contributed by atoms with Crippen LogP contribution in [0, 0.1) is 0 Å². The summed E-state index contributed by atoms with van der Waals surface area (Å²) in [5, 5.41) is 28.2. The molecule has 0 aromatic carbocycles. The van der Waals surface area contributed by atoms with Crippen LogP contribution in [0.5, 0.6) is 0 Å². The zero-order valence-corrected chi connectivity index (χ0v) is 17.6. The Morgan fingerprint density at radius 3 is 2.34 bits per heavy atom. The molecule has 14 heteroatoms. The first kappa shape index (κ1) is 26.6. The molecule has 180 valence electrons. The second kappa shape index (κ2) is 13.8. The molecule has 0 aliphatic carbocycles. The van der Waals surface area contributed by atoms with Gasteiger partial charge in [-0.15, -0.1) is 0 Å². The third kappa shape index (κ3) is 10.6. The van der Waals surface area contributed by atoms with E-state index >= 15 is 0 Å². The second-order valence-corrected chi connectivity index (χ2v) is 7.27. The van der Waals surface area contributed by atoms with Gasteiger partial charge in [-0.05, 0) is 38.6 Å². The molecule has 1 rings (SSSR count). The molecule has 0 aromatic heterocycles. The predicted octanol–water partition coefficient (Wildman–Crippen LogP) is -3.17. The van der Waals surface area contributed by atoms with Crippen LogP contribution in [0.4, 0.5) is 0 Å². The number of carboxylic acids is 2. The smallest absolute Gasteiger partial charge is 0.326 e. The molecule has 3 amide bonds. The maximum atomic E-state index is 12.4. The van der Waals surface area contributed by atoms with Crippen LogP contribution in [-0.2, 0) is 24.0 Å². The molecule has 1 heterocycles. The lowest BCUT2D eigenvalue weighted by Crippen LogP contribution is -2.53. The molecular weight excluding hydrogens is 426 g/mol. The lowest BCUT2D eigenvalue weighted by atomic mass is 10.1. The molecule has 0 saturated carbocycles. The lowest BCUT2D eigenvalue weighted by molar-refractivity contribution is -0.142. The van der Waals surface area contributed by atoms with Crippen molar-refractivity contribution in [2.24, 2.45) is 16.5 Å². The molecule has 10 N–H and O–H groups in total. The summed E-state index contributed by atoms with van der Waals surface area (Å²) < 4.78 is 0. The average molecular weight is 457 g/mol. The van der Waals surface area contributed by atoms with Gasteiger partial charge in [-0.3, -0.25) is 24.2 Å². The van der Waals surface area contributed by atoms with Crippen molar-refractivity contribution in [2.75, 3.05) is 19.6 Å². The number of hydrogen-bond acceptors (Lipinski definition) is 7. The summed E-state index contributed by atoms with van der Waals surface area (Å²) in [6.07, 6.45) is 1.25. The average Bonchev–Trinajstić information content (AvgIpc) is 3.25. The number of carboxylic acid groups (broad SMARTS) is 2. The molecule has 0 aromatic rings. The van der Waals surface area contributed by atoms with Gasteiger partial charge < -0.3 is 42.9 Å². The molecule has 1 aliphatic rings. The number of carbonyl (C=O) groups excluding carboxylic acids is 3. The number of carbonyl (C=O) groups is 5. The Labute approximate surface area is 184 Å². The number of nitrogens with two attached hydrogens (primary N) is 2. The predicted molar refractivity (Wildman–Crippen MR) is 112 cm³/mol. The molecule has 0 radical (unpaired) electrons. The largest absolute Gasteiger partial charge is 0.481 e. The van der Waals surface area contributed by atoms with Gasteiger partial charge in [0.25, 0.3) is 0 Å². The zero-order chi connectivity index (χ0) is 24.1. The van der Waals surface area contributed by atoms with Crippen LogP contribution >= 0.6 is 0 Å². The van der Waals surface area contributed by atoms with E-state index in [0.717, 1.165) is 6.42 Å². The Kier molecular flexibility index (Phi) is 11.5. The van der Waals surface area contributed by atoms with Gasteiger partial charge in [-0.2, -0.15) is 0 Å². The molecule has 3 atom stereocenters. The van der Waals surface area contributed by atoms with Crippen LogP contribution in [0.15, 0.2) is 4.99 Å². The summed E-state index contributed by atoms with van der Waals surface area (Å²) in [5.74, 6) is -4.45. The summed E-state index contributed by atoms with van der Waals surface area (Å²) in [6.45, 7) is 0.318. The molecule has 14 nitrogen and oxygen atoms in total. The number of aliphatic carboxylic acids is 2. The fourth-order valence-corrected chi connectivity index (χ4v) is 3.01. The normalized spacial score (nSPS) is 16.9. The Morgan fingerprint density at radius 2 is 1.78 bits per heavy atom. The Balaban J connectivity index is 2.57. The molecule has 32 heavy (non-hydrogen) atoms. The van der Waals surface area contributed by atoms with E-state index in [9.17, 15) is 29.1 Å². The van der Waals surface area contributed by atoms with Crippen LogP contribution in [0.1, 0.15) is 38.5 Å². The van der Waals surface area contributed by atoms with Gasteiger partial charge in [0.1, 0.15) is 12.1 Å². The number of nitrogens with zero attached hydrogens (tertiary/aromatic N) is 1. The molecular formula is C18H31N7O7. The van der Waals surface area contributed by atoms with Crippen molar-refractivity contribution in [3.05, 3.63) is 0 Å². The van der Waals surface area contributed by atoms with Gasteiger partial charge in [0.15, 0.2) is 5.96 Å². The fourth-order valence-electron chi connectivity index (χ4n) is 3.01. The molecule has 1 aliphatic heterocycles. The summed E-state index contributed by atoms with van der Waals surface area (Å²) in [4.78, 5) is 62.7. The van der Waals surface area contributed by atoms with Crippen molar-refractivity contribution in [1.29, 1.82) is 0 Å². The van der Waals surface area contributed by atoms with Gasteiger partial charge in [0.05, 0.1) is 12.6 Å². The molecule has 0 spiro atoms. The van der Waals surface area contributed by atoms with Crippen molar-refractivity contribution in [2.45, 2.75) is 56.7 Å². The quantitative estimate of drug-likeness (QED) is 0.0739. The maximum absolute atomic E-state index is 12.4. The maximum Gasteiger partial charge on any atom is 0.326 e. The van der Waals surface area contributed by atoms with E-state index in [2.05, 4.69) is 26.3 Å². The number of rotatable bonds is 14. The van der Waals surface area contributed by atoms with Crippen molar-refractivity contribution < 1.29 is 34.2 Å². The van der Waals surface area contributed by atoms with Gasteiger partial charge in [-0.1, -0.05) is 0 Å².